The van der Waals surface area contributed by atoms with Gasteiger partial charge in [-0.3, -0.25) is 9.82 Å². The van der Waals surface area contributed by atoms with Crippen molar-refractivity contribution in [3.8, 4) is 6.07 Å². The summed E-state index contributed by atoms with van der Waals surface area (Å²) >= 11 is 0. The molecular weight excluding hydrogens is 350 g/mol. The van der Waals surface area contributed by atoms with E-state index in [0.29, 0.717) is 22.6 Å². The zero-order valence-corrected chi connectivity index (χ0v) is 15.1. The largest absolute Gasteiger partial charge is 0.356 e. The number of nitriles is 1. The number of hydrogen-bond donors (Lipinski definition) is 3. The molecule has 0 bridgehead atoms. The Morgan fingerprint density at radius 2 is 1.50 bits per heavy atom. The molecule has 0 aliphatic carbocycles. The summed E-state index contributed by atoms with van der Waals surface area (Å²) in [6, 6.07) is 16.0. The first kappa shape index (κ1) is 17.5. The van der Waals surface area contributed by atoms with Gasteiger partial charge >= 0.3 is 0 Å². The van der Waals surface area contributed by atoms with Gasteiger partial charge in [-0.15, -0.1) is 0 Å². The average molecular weight is 367 g/mol. The SMILES string of the molecule is Cc1n[nH]c(C)c1S(=O)(=O)Nc1ccc(Nc2ccc(C#N)cc2)cc1. The number of sulfonamides is 1. The summed E-state index contributed by atoms with van der Waals surface area (Å²) in [4.78, 5) is 0.164. The molecule has 0 amide bonds. The van der Waals surface area contributed by atoms with Crippen LogP contribution in [0.15, 0.2) is 53.4 Å². The first-order valence-corrected chi connectivity index (χ1v) is 9.29. The van der Waals surface area contributed by atoms with Crippen molar-refractivity contribution in [2.24, 2.45) is 0 Å². The molecule has 0 aliphatic rings. The summed E-state index contributed by atoms with van der Waals surface area (Å²) in [5, 5.41) is 18.6. The number of aromatic amines is 1. The summed E-state index contributed by atoms with van der Waals surface area (Å²) < 4.78 is 27.6. The van der Waals surface area contributed by atoms with Gasteiger partial charge in [0.05, 0.1) is 23.0 Å². The third-order valence-corrected chi connectivity index (χ3v) is 5.41. The number of anilines is 3. The van der Waals surface area contributed by atoms with Crippen LogP contribution in [-0.4, -0.2) is 18.6 Å². The van der Waals surface area contributed by atoms with E-state index in [1.54, 1.807) is 62.4 Å². The predicted octanol–water partition coefficient (Wildman–Crippen LogP) is 3.44. The van der Waals surface area contributed by atoms with Gasteiger partial charge in [-0.1, -0.05) is 0 Å². The number of aryl methyl sites for hydroxylation is 2. The number of H-pyrrole nitrogens is 1. The standard InChI is InChI=1S/C18H17N5O2S/c1-12-18(13(2)22-21-12)26(24,25)23-17-9-7-16(8-10-17)20-15-5-3-14(11-19)4-6-15/h3-10,20,23H,1-2H3,(H,21,22). The molecule has 132 valence electrons. The monoisotopic (exact) mass is 367 g/mol. The van der Waals surface area contributed by atoms with Crippen molar-refractivity contribution in [2.75, 3.05) is 10.0 Å². The lowest BCUT2D eigenvalue weighted by atomic mass is 10.2. The molecular formula is C18H17N5O2S. The molecule has 0 spiro atoms. The Morgan fingerprint density at radius 3 is 2.00 bits per heavy atom. The zero-order valence-electron chi connectivity index (χ0n) is 14.2. The van der Waals surface area contributed by atoms with E-state index in [-0.39, 0.29) is 4.90 Å². The Morgan fingerprint density at radius 1 is 0.962 bits per heavy atom. The Kier molecular flexibility index (Phi) is 4.65. The number of nitrogens with one attached hydrogen (secondary N) is 3. The van der Waals surface area contributed by atoms with E-state index in [1.807, 2.05) is 0 Å². The quantitative estimate of drug-likeness (QED) is 0.640. The molecule has 8 heteroatoms. The Balaban J connectivity index is 1.74. The minimum Gasteiger partial charge on any atom is -0.356 e. The molecule has 26 heavy (non-hydrogen) atoms. The van der Waals surface area contributed by atoms with Gasteiger partial charge in [0.15, 0.2) is 0 Å². The maximum absolute atomic E-state index is 12.5. The molecule has 0 atom stereocenters. The summed E-state index contributed by atoms with van der Waals surface area (Å²) in [5.41, 5.74) is 3.60. The van der Waals surface area contributed by atoms with Crippen molar-refractivity contribution < 1.29 is 8.42 Å². The van der Waals surface area contributed by atoms with Gasteiger partial charge in [0.2, 0.25) is 0 Å². The van der Waals surface area contributed by atoms with Crippen molar-refractivity contribution in [3.05, 3.63) is 65.5 Å². The Bertz CT molecular complexity index is 1040. The highest BCUT2D eigenvalue weighted by molar-refractivity contribution is 7.92. The number of rotatable bonds is 5. The first-order chi connectivity index (χ1) is 12.4. The Hall–Kier alpha value is -3.31. The molecule has 3 N–H and O–H groups in total. The molecule has 1 aromatic heterocycles. The van der Waals surface area contributed by atoms with Crippen LogP contribution < -0.4 is 10.0 Å². The smallest absolute Gasteiger partial charge is 0.265 e. The normalized spacial score (nSPS) is 11.0. The second-order valence-corrected chi connectivity index (χ2v) is 7.38. The van der Waals surface area contributed by atoms with Crippen LogP contribution in [0.4, 0.5) is 17.1 Å². The lowest BCUT2D eigenvalue weighted by Gasteiger charge is -2.10. The fraction of sp³-hybridized carbons (Fsp3) is 0.111. The Labute approximate surface area is 151 Å². The fourth-order valence-corrected chi connectivity index (χ4v) is 3.99. The van der Waals surface area contributed by atoms with Gasteiger partial charge in [0.1, 0.15) is 4.90 Å². The van der Waals surface area contributed by atoms with E-state index in [4.69, 9.17) is 5.26 Å². The summed E-state index contributed by atoms with van der Waals surface area (Å²) in [6.07, 6.45) is 0. The molecule has 0 unspecified atom stereocenters. The molecule has 1 heterocycles. The van der Waals surface area contributed by atoms with Gasteiger partial charge in [0.25, 0.3) is 10.0 Å². The maximum atomic E-state index is 12.5. The van der Waals surface area contributed by atoms with Crippen molar-refractivity contribution >= 4 is 27.1 Å². The third kappa shape index (κ3) is 3.68. The minimum atomic E-state index is -3.71. The van der Waals surface area contributed by atoms with Crippen molar-refractivity contribution in [3.63, 3.8) is 0 Å². The maximum Gasteiger partial charge on any atom is 0.265 e. The van der Waals surface area contributed by atoms with Crippen LogP contribution in [-0.2, 0) is 10.0 Å². The van der Waals surface area contributed by atoms with Gasteiger partial charge in [-0.05, 0) is 62.4 Å². The molecule has 0 aliphatic heterocycles. The summed E-state index contributed by atoms with van der Waals surface area (Å²) in [5.74, 6) is 0. The van der Waals surface area contributed by atoms with Crippen LogP contribution in [0.25, 0.3) is 0 Å². The van der Waals surface area contributed by atoms with Crippen LogP contribution >= 0.6 is 0 Å². The van der Waals surface area contributed by atoms with E-state index < -0.39 is 10.0 Å². The number of aromatic nitrogens is 2. The lowest BCUT2D eigenvalue weighted by Crippen LogP contribution is -2.14. The van der Waals surface area contributed by atoms with E-state index >= 15 is 0 Å². The van der Waals surface area contributed by atoms with Gasteiger partial charge in [0, 0.05) is 17.1 Å². The van der Waals surface area contributed by atoms with E-state index in [2.05, 4.69) is 26.3 Å². The minimum absolute atomic E-state index is 0.164. The second-order valence-electron chi connectivity index (χ2n) is 5.76. The summed E-state index contributed by atoms with van der Waals surface area (Å²) in [7, 11) is -3.71. The molecule has 2 aromatic carbocycles. The van der Waals surface area contributed by atoms with Gasteiger partial charge < -0.3 is 5.32 Å². The van der Waals surface area contributed by atoms with Crippen molar-refractivity contribution in [2.45, 2.75) is 18.7 Å². The van der Waals surface area contributed by atoms with E-state index in [1.165, 1.54) is 0 Å². The predicted molar refractivity (Wildman–Crippen MR) is 99.8 cm³/mol. The molecule has 0 saturated carbocycles. The average Bonchev–Trinajstić information content (AvgIpc) is 2.96. The second kappa shape index (κ2) is 6.90. The van der Waals surface area contributed by atoms with Crippen LogP contribution in [0.2, 0.25) is 0 Å². The van der Waals surface area contributed by atoms with Crippen LogP contribution in [0.5, 0.6) is 0 Å². The van der Waals surface area contributed by atoms with Crippen molar-refractivity contribution in [1.82, 2.24) is 10.2 Å². The topological polar surface area (TPSA) is 111 Å². The third-order valence-electron chi connectivity index (χ3n) is 3.77. The zero-order chi connectivity index (χ0) is 18.7. The van der Waals surface area contributed by atoms with Crippen molar-refractivity contribution in [1.29, 1.82) is 5.26 Å². The molecule has 0 radical (unpaired) electrons. The highest BCUT2D eigenvalue weighted by Crippen LogP contribution is 2.23. The van der Waals surface area contributed by atoms with Crippen LogP contribution in [0, 0.1) is 25.2 Å². The first-order valence-electron chi connectivity index (χ1n) is 7.81. The highest BCUT2D eigenvalue weighted by atomic mass is 32.2. The molecule has 7 nitrogen and oxygen atoms in total. The van der Waals surface area contributed by atoms with Crippen LogP contribution in [0.3, 0.4) is 0 Å². The van der Waals surface area contributed by atoms with Crippen LogP contribution in [0.1, 0.15) is 17.0 Å². The van der Waals surface area contributed by atoms with Gasteiger partial charge in [-0.2, -0.15) is 10.4 Å². The number of nitrogens with zero attached hydrogens (tertiary/aromatic N) is 2. The fourth-order valence-electron chi connectivity index (χ4n) is 2.56. The van der Waals surface area contributed by atoms with E-state index in [9.17, 15) is 8.42 Å². The lowest BCUT2D eigenvalue weighted by molar-refractivity contribution is 0.600. The molecule has 0 saturated heterocycles. The molecule has 3 rings (SSSR count). The van der Waals surface area contributed by atoms with E-state index in [0.717, 1.165) is 11.4 Å². The number of benzene rings is 2. The van der Waals surface area contributed by atoms with Gasteiger partial charge in [-0.25, -0.2) is 8.42 Å². The summed E-state index contributed by atoms with van der Waals surface area (Å²) in [6.45, 7) is 3.31. The highest BCUT2D eigenvalue weighted by Gasteiger charge is 2.22. The molecule has 0 fully saturated rings. The molecule has 3 aromatic rings. The number of hydrogen-bond acceptors (Lipinski definition) is 5.